The van der Waals surface area contributed by atoms with Gasteiger partial charge in [0.2, 0.25) is 0 Å². The summed E-state index contributed by atoms with van der Waals surface area (Å²) in [7, 11) is 0. The molecule has 19 heavy (non-hydrogen) atoms. The van der Waals surface area contributed by atoms with Crippen molar-refractivity contribution in [2.45, 2.75) is 12.6 Å². The first-order valence-corrected chi connectivity index (χ1v) is 5.67. The molecule has 2 rings (SSSR count). The van der Waals surface area contributed by atoms with E-state index in [1.54, 1.807) is 24.3 Å². The van der Waals surface area contributed by atoms with E-state index in [9.17, 15) is 13.2 Å². The van der Waals surface area contributed by atoms with Gasteiger partial charge in [0.1, 0.15) is 0 Å². The minimum absolute atomic E-state index is 0.280. The van der Waals surface area contributed by atoms with Gasteiger partial charge in [0.05, 0.1) is 5.56 Å². The summed E-state index contributed by atoms with van der Waals surface area (Å²) in [4.78, 5) is 0. The average Bonchev–Trinajstić information content (AvgIpc) is 2.33. The number of nitrogen functional groups attached to an aromatic ring is 2. The predicted octanol–water partition coefficient (Wildman–Crippen LogP) is 3.46. The Labute approximate surface area is 108 Å². The summed E-state index contributed by atoms with van der Waals surface area (Å²) in [6.45, 7) is 0. The van der Waals surface area contributed by atoms with Gasteiger partial charge in [0.25, 0.3) is 0 Å². The molecule has 5 heteroatoms. The van der Waals surface area contributed by atoms with Gasteiger partial charge in [0.15, 0.2) is 0 Å². The molecule has 4 N–H and O–H groups in total. The quantitative estimate of drug-likeness (QED) is 0.818. The second-order valence-corrected chi connectivity index (χ2v) is 4.29. The van der Waals surface area contributed by atoms with Gasteiger partial charge >= 0.3 is 6.18 Å². The molecule has 0 spiro atoms. The fourth-order valence-corrected chi connectivity index (χ4v) is 1.89. The first-order chi connectivity index (χ1) is 8.88. The molecule has 2 aromatic carbocycles. The van der Waals surface area contributed by atoms with Crippen molar-refractivity contribution in [2.24, 2.45) is 0 Å². The van der Waals surface area contributed by atoms with Crippen molar-refractivity contribution in [3.05, 3.63) is 59.2 Å². The molecule has 0 saturated heterocycles. The topological polar surface area (TPSA) is 52.0 Å². The van der Waals surface area contributed by atoms with Crippen molar-refractivity contribution in [2.75, 3.05) is 11.5 Å². The maximum Gasteiger partial charge on any atom is 0.416 e. The number of rotatable bonds is 2. The molecule has 0 saturated carbocycles. The van der Waals surface area contributed by atoms with Crippen molar-refractivity contribution in [3.8, 4) is 0 Å². The van der Waals surface area contributed by atoms with Crippen molar-refractivity contribution < 1.29 is 13.2 Å². The molecule has 0 radical (unpaired) electrons. The van der Waals surface area contributed by atoms with Crippen molar-refractivity contribution >= 4 is 11.4 Å². The molecule has 0 amide bonds. The molecule has 0 aliphatic heterocycles. The van der Waals surface area contributed by atoms with E-state index < -0.39 is 11.7 Å². The van der Waals surface area contributed by atoms with E-state index in [1.165, 1.54) is 6.07 Å². The zero-order valence-electron chi connectivity index (χ0n) is 10.0. The lowest BCUT2D eigenvalue weighted by Gasteiger charge is -2.11. The number of hydrogen-bond donors (Lipinski definition) is 2. The van der Waals surface area contributed by atoms with E-state index in [0.29, 0.717) is 22.5 Å². The van der Waals surface area contributed by atoms with E-state index >= 15 is 0 Å². The zero-order valence-corrected chi connectivity index (χ0v) is 10.0. The number of hydrogen-bond acceptors (Lipinski definition) is 2. The molecule has 0 aliphatic carbocycles. The van der Waals surface area contributed by atoms with E-state index in [0.717, 1.165) is 12.1 Å². The number of alkyl halides is 3. The molecule has 0 aliphatic rings. The van der Waals surface area contributed by atoms with E-state index in [-0.39, 0.29) is 6.42 Å². The summed E-state index contributed by atoms with van der Waals surface area (Å²) >= 11 is 0. The normalized spacial score (nSPS) is 11.5. The molecular formula is C14H13F3N2. The van der Waals surface area contributed by atoms with Gasteiger partial charge in [-0.15, -0.1) is 0 Å². The van der Waals surface area contributed by atoms with Crippen LogP contribution in [0, 0.1) is 0 Å². The van der Waals surface area contributed by atoms with Crippen LogP contribution in [-0.4, -0.2) is 0 Å². The van der Waals surface area contributed by atoms with Gasteiger partial charge in [-0.2, -0.15) is 13.2 Å². The van der Waals surface area contributed by atoms with Crippen molar-refractivity contribution in [1.29, 1.82) is 0 Å². The van der Waals surface area contributed by atoms with Crippen LogP contribution < -0.4 is 11.5 Å². The lowest BCUT2D eigenvalue weighted by atomic mass is 10.00. The predicted molar refractivity (Wildman–Crippen MR) is 69.5 cm³/mol. The highest BCUT2D eigenvalue weighted by atomic mass is 19.4. The van der Waals surface area contributed by atoms with E-state index in [2.05, 4.69) is 0 Å². The van der Waals surface area contributed by atoms with Crippen LogP contribution in [0.3, 0.4) is 0 Å². The van der Waals surface area contributed by atoms with Gasteiger partial charge in [-0.05, 0) is 23.8 Å². The molecular weight excluding hydrogens is 253 g/mol. The third-order valence-corrected chi connectivity index (χ3v) is 2.88. The third-order valence-electron chi connectivity index (χ3n) is 2.88. The van der Waals surface area contributed by atoms with Gasteiger partial charge in [0, 0.05) is 23.4 Å². The largest absolute Gasteiger partial charge is 0.416 e. The number of anilines is 2. The monoisotopic (exact) mass is 266 g/mol. The summed E-state index contributed by atoms with van der Waals surface area (Å²) in [6, 6.07) is 10.2. The third kappa shape index (κ3) is 2.99. The molecule has 0 heterocycles. The number of nitrogens with two attached hydrogens (primary N) is 2. The van der Waals surface area contributed by atoms with Crippen LogP contribution in [0.15, 0.2) is 42.5 Å². The highest BCUT2D eigenvalue weighted by Gasteiger charge is 2.30. The van der Waals surface area contributed by atoms with Crippen LogP contribution >= 0.6 is 0 Å². The Bertz CT molecular complexity index is 571. The summed E-state index contributed by atoms with van der Waals surface area (Å²) in [5, 5.41) is 0. The van der Waals surface area contributed by atoms with Crippen LogP contribution in [0.1, 0.15) is 16.7 Å². The second kappa shape index (κ2) is 4.84. The number of benzene rings is 2. The lowest BCUT2D eigenvalue weighted by Crippen LogP contribution is -2.06. The fourth-order valence-electron chi connectivity index (χ4n) is 1.89. The van der Waals surface area contributed by atoms with Crippen LogP contribution in [0.2, 0.25) is 0 Å². The van der Waals surface area contributed by atoms with Gasteiger partial charge in [-0.3, -0.25) is 0 Å². The molecule has 0 atom stereocenters. The first kappa shape index (κ1) is 13.3. The van der Waals surface area contributed by atoms with Crippen LogP contribution in [0.25, 0.3) is 0 Å². The minimum atomic E-state index is -4.34. The van der Waals surface area contributed by atoms with Crippen molar-refractivity contribution in [3.63, 3.8) is 0 Å². The summed E-state index contributed by atoms with van der Waals surface area (Å²) in [6.07, 6.45) is -4.06. The SMILES string of the molecule is Nc1cccc(N)c1Cc1cccc(C(F)(F)F)c1. The smallest absolute Gasteiger partial charge is 0.398 e. The molecule has 0 unspecified atom stereocenters. The Morgan fingerprint density at radius 3 is 2.05 bits per heavy atom. The number of halogens is 3. The Morgan fingerprint density at radius 2 is 1.47 bits per heavy atom. The van der Waals surface area contributed by atoms with Crippen molar-refractivity contribution in [1.82, 2.24) is 0 Å². The van der Waals surface area contributed by atoms with Crippen LogP contribution in [-0.2, 0) is 12.6 Å². The first-order valence-electron chi connectivity index (χ1n) is 5.67. The maximum atomic E-state index is 12.6. The Kier molecular flexibility index (Phi) is 3.38. The fraction of sp³-hybridized carbons (Fsp3) is 0.143. The molecule has 100 valence electrons. The average molecular weight is 266 g/mol. The Morgan fingerprint density at radius 1 is 0.895 bits per heavy atom. The van der Waals surface area contributed by atoms with E-state index in [4.69, 9.17) is 11.5 Å². The molecule has 0 bridgehead atoms. The summed E-state index contributed by atoms with van der Waals surface area (Å²) in [5.41, 5.74) is 13.1. The lowest BCUT2D eigenvalue weighted by molar-refractivity contribution is -0.137. The van der Waals surface area contributed by atoms with Gasteiger partial charge in [-0.1, -0.05) is 24.3 Å². The Balaban J connectivity index is 2.34. The molecule has 0 aromatic heterocycles. The molecule has 0 fully saturated rings. The van der Waals surface area contributed by atoms with Gasteiger partial charge < -0.3 is 11.5 Å². The maximum absolute atomic E-state index is 12.6. The van der Waals surface area contributed by atoms with E-state index in [1.807, 2.05) is 0 Å². The van der Waals surface area contributed by atoms with Crippen LogP contribution in [0.5, 0.6) is 0 Å². The standard InChI is InChI=1S/C14H13F3N2/c15-14(16,17)10-4-1-3-9(7-10)8-11-12(18)5-2-6-13(11)19/h1-7H,8,18-19H2. The molecule has 2 aromatic rings. The molecule has 2 nitrogen and oxygen atoms in total. The second-order valence-electron chi connectivity index (χ2n) is 4.29. The highest BCUT2D eigenvalue weighted by Crippen LogP contribution is 2.31. The Hall–Kier alpha value is -2.17. The minimum Gasteiger partial charge on any atom is -0.398 e. The van der Waals surface area contributed by atoms with Crippen LogP contribution in [0.4, 0.5) is 24.5 Å². The summed E-state index contributed by atoms with van der Waals surface area (Å²) in [5.74, 6) is 0. The van der Waals surface area contributed by atoms with Gasteiger partial charge in [-0.25, -0.2) is 0 Å². The highest BCUT2D eigenvalue weighted by molar-refractivity contribution is 5.62. The zero-order chi connectivity index (χ0) is 14.0. The summed E-state index contributed by atoms with van der Waals surface area (Å²) < 4.78 is 37.8.